The highest BCUT2D eigenvalue weighted by molar-refractivity contribution is 8.00. The second-order valence-electron chi connectivity index (χ2n) is 5.75. The van der Waals surface area contributed by atoms with Crippen molar-refractivity contribution in [1.29, 1.82) is 0 Å². The number of sulfonamides is 1. The number of nitrogens with one attached hydrogen (secondary N) is 2. The van der Waals surface area contributed by atoms with Gasteiger partial charge in [0.1, 0.15) is 11.1 Å². The van der Waals surface area contributed by atoms with E-state index in [-0.39, 0.29) is 22.5 Å². The lowest BCUT2D eigenvalue weighted by Gasteiger charge is -2.24. The first kappa shape index (κ1) is 17.8. The van der Waals surface area contributed by atoms with Crippen LogP contribution in [0.2, 0.25) is 0 Å². The number of amides is 1. The maximum atomic E-state index is 13.5. The molecule has 1 atom stereocenters. The molecule has 2 aromatic carbocycles. The Kier molecular flexibility index (Phi) is 5.01. The van der Waals surface area contributed by atoms with Gasteiger partial charge in [-0.15, -0.1) is 11.8 Å². The standard InChI is InChI=1S/C17H17FN2O3S2/c1-25(22,23)20-15-10-12(18)6-7-14(15)19-17(21)16-13-5-3-2-4-11(13)8-9-24-16/h2-7,10,16,20H,8-9H2,1H3,(H,19,21)/t16-/m0/s1. The number of anilines is 2. The van der Waals surface area contributed by atoms with E-state index in [9.17, 15) is 17.6 Å². The van der Waals surface area contributed by atoms with Gasteiger partial charge < -0.3 is 5.32 Å². The first-order chi connectivity index (χ1) is 11.8. The molecule has 1 aliphatic heterocycles. The molecule has 0 saturated heterocycles. The molecule has 3 rings (SSSR count). The monoisotopic (exact) mass is 380 g/mol. The fraction of sp³-hybridized carbons (Fsp3) is 0.235. The summed E-state index contributed by atoms with van der Waals surface area (Å²) in [4.78, 5) is 12.7. The number of carbonyl (C=O) groups is 1. The van der Waals surface area contributed by atoms with E-state index in [1.807, 2.05) is 24.3 Å². The van der Waals surface area contributed by atoms with E-state index in [0.717, 1.165) is 35.6 Å². The lowest BCUT2D eigenvalue weighted by atomic mass is 10.0. The van der Waals surface area contributed by atoms with Crippen LogP contribution < -0.4 is 10.0 Å². The molecule has 0 radical (unpaired) electrons. The van der Waals surface area contributed by atoms with Crippen LogP contribution >= 0.6 is 11.8 Å². The fourth-order valence-electron chi connectivity index (χ4n) is 2.72. The largest absolute Gasteiger partial charge is 0.323 e. The molecule has 0 aromatic heterocycles. The molecule has 0 unspecified atom stereocenters. The highest BCUT2D eigenvalue weighted by Crippen LogP contribution is 2.38. The maximum Gasteiger partial charge on any atom is 0.242 e. The van der Waals surface area contributed by atoms with Crippen LogP contribution in [-0.2, 0) is 21.2 Å². The molecule has 1 amide bonds. The Morgan fingerprint density at radius 1 is 1.20 bits per heavy atom. The summed E-state index contributed by atoms with van der Waals surface area (Å²) in [6, 6.07) is 11.3. The van der Waals surface area contributed by atoms with Gasteiger partial charge in [-0.3, -0.25) is 9.52 Å². The van der Waals surface area contributed by atoms with Crippen LogP contribution in [0.1, 0.15) is 16.4 Å². The summed E-state index contributed by atoms with van der Waals surface area (Å²) in [6.45, 7) is 0. The van der Waals surface area contributed by atoms with Crippen LogP contribution in [0.15, 0.2) is 42.5 Å². The Balaban J connectivity index is 1.87. The van der Waals surface area contributed by atoms with Crippen LogP contribution in [0.4, 0.5) is 15.8 Å². The molecule has 0 spiro atoms. The van der Waals surface area contributed by atoms with Gasteiger partial charge >= 0.3 is 0 Å². The van der Waals surface area contributed by atoms with Crippen LogP contribution in [0.3, 0.4) is 0 Å². The second kappa shape index (κ2) is 7.05. The first-order valence-corrected chi connectivity index (χ1v) is 10.5. The van der Waals surface area contributed by atoms with E-state index in [1.165, 1.54) is 23.9 Å². The number of hydrogen-bond donors (Lipinski definition) is 2. The van der Waals surface area contributed by atoms with Crippen molar-refractivity contribution in [2.75, 3.05) is 22.0 Å². The third-order valence-corrected chi connectivity index (χ3v) is 5.60. The van der Waals surface area contributed by atoms with Gasteiger partial charge in [0.2, 0.25) is 15.9 Å². The van der Waals surface area contributed by atoms with Gasteiger partial charge in [0, 0.05) is 6.07 Å². The second-order valence-corrected chi connectivity index (χ2v) is 8.71. The number of hydrogen-bond acceptors (Lipinski definition) is 4. The van der Waals surface area contributed by atoms with Gasteiger partial charge in [-0.25, -0.2) is 12.8 Å². The lowest BCUT2D eigenvalue weighted by molar-refractivity contribution is -0.115. The van der Waals surface area contributed by atoms with Crippen LogP contribution in [0.25, 0.3) is 0 Å². The van der Waals surface area contributed by atoms with Gasteiger partial charge in [0.25, 0.3) is 0 Å². The zero-order valence-electron chi connectivity index (χ0n) is 13.5. The van der Waals surface area contributed by atoms with Crippen molar-refractivity contribution in [3.63, 3.8) is 0 Å². The van der Waals surface area contributed by atoms with E-state index in [1.54, 1.807) is 0 Å². The predicted octanol–water partition coefficient (Wildman–Crippen LogP) is 3.17. The van der Waals surface area contributed by atoms with Crippen LogP contribution in [0.5, 0.6) is 0 Å². The quantitative estimate of drug-likeness (QED) is 0.854. The molecule has 5 nitrogen and oxygen atoms in total. The number of rotatable bonds is 4. The average molecular weight is 380 g/mol. The van der Waals surface area contributed by atoms with E-state index < -0.39 is 15.8 Å². The Bertz CT molecular complexity index is 916. The highest BCUT2D eigenvalue weighted by atomic mass is 32.2. The van der Waals surface area contributed by atoms with Crippen molar-refractivity contribution in [1.82, 2.24) is 0 Å². The summed E-state index contributed by atoms with van der Waals surface area (Å²) in [5.74, 6) is -0.0330. The van der Waals surface area contributed by atoms with Crippen LogP contribution in [-0.4, -0.2) is 26.3 Å². The Morgan fingerprint density at radius 2 is 1.96 bits per heavy atom. The number of benzene rings is 2. The normalized spacial score (nSPS) is 16.8. The number of thioether (sulfide) groups is 1. The van der Waals surface area contributed by atoms with E-state index in [4.69, 9.17) is 0 Å². The predicted molar refractivity (Wildman–Crippen MR) is 98.8 cm³/mol. The van der Waals surface area contributed by atoms with E-state index in [0.29, 0.717) is 0 Å². The minimum absolute atomic E-state index is 0.00458. The Morgan fingerprint density at radius 3 is 2.72 bits per heavy atom. The number of halogens is 1. The van der Waals surface area contributed by atoms with Gasteiger partial charge in [0.15, 0.2) is 0 Å². The minimum atomic E-state index is -3.60. The summed E-state index contributed by atoms with van der Waals surface area (Å²) in [6.07, 6.45) is 1.87. The summed E-state index contributed by atoms with van der Waals surface area (Å²) < 4.78 is 38.6. The Labute approximate surface area is 150 Å². The summed E-state index contributed by atoms with van der Waals surface area (Å²) in [7, 11) is -3.60. The van der Waals surface area contributed by atoms with Crippen molar-refractivity contribution in [2.45, 2.75) is 11.7 Å². The molecule has 132 valence electrons. The van der Waals surface area contributed by atoms with Crippen molar-refractivity contribution in [2.24, 2.45) is 0 Å². The molecule has 0 fully saturated rings. The smallest absolute Gasteiger partial charge is 0.242 e. The fourth-order valence-corrected chi connectivity index (χ4v) is 4.48. The molecule has 0 bridgehead atoms. The van der Waals surface area contributed by atoms with Crippen LogP contribution in [0, 0.1) is 5.82 Å². The SMILES string of the molecule is CS(=O)(=O)Nc1cc(F)ccc1NC(=O)[C@H]1SCCc2ccccc21. The third kappa shape index (κ3) is 4.32. The van der Waals surface area contributed by atoms with E-state index in [2.05, 4.69) is 10.0 Å². The van der Waals surface area contributed by atoms with Crippen molar-refractivity contribution in [3.8, 4) is 0 Å². The number of fused-ring (bicyclic) bond motifs is 1. The molecule has 0 saturated carbocycles. The molecular formula is C17H17FN2O3S2. The zero-order chi connectivity index (χ0) is 18.0. The number of aryl methyl sites for hydroxylation is 1. The molecule has 2 aromatic rings. The molecule has 8 heteroatoms. The van der Waals surface area contributed by atoms with Gasteiger partial charge in [-0.05, 0) is 35.4 Å². The lowest BCUT2D eigenvalue weighted by Crippen LogP contribution is -2.24. The van der Waals surface area contributed by atoms with Crippen molar-refractivity contribution < 1.29 is 17.6 Å². The third-order valence-electron chi connectivity index (χ3n) is 3.77. The van der Waals surface area contributed by atoms with Gasteiger partial charge in [-0.1, -0.05) is 24.3 Å². The summed E-state index contributed by atoms with van der Waals surface area (Å²) in [5.41, 5.74) is 2.32. The average Bonchev–Trinajstić information content (AvgIpc) is 2.55. The van der Waals surface area contributed by atoms with Gasteiger partial charge in [-0.2, -0.15) is 0 Å². The summed E-state index contributed by atoms with van der Waals surface area (Å²) in [5, 5.41) is 2.33. The van der Waals surface area contributed by atoms with E-state index >= 15 is 0 Å². The van der Waals surface area contributed by atoms with Crippen molar-refractivity contribution >= 4 is 39.1 Å². The topological polar surface area (TPSA) is 75.3 Å². The molecule has 1 aliphatic rings. The maximum absolute atomic E-state index is 13.5. The molecule has 25 heavy (non-hydrogen) atoms. The minimum Gasteiger partial charge on any atom is -0.323 e. The first-order valence-electron chi connectivity index (χ1n) is 7.61. The van der Waals surface area contributed by atoms with Crippen molar-refractivity contribution in [3.05, 3.63) is 59.4 Å². The highest BCUT2D eigenvalue weighted by Gasteiger charge is 2.27. The van der Waals surface area contributed by atoms with Gasteiger partial charge in [0.05, 0.1) is 17.6 Å². The Hall–Kier alpha value is -2.06. The molecule has 2 N–H and O–H groups in total. The zero-order valence-corrected chi connectivity index (χ0v) is 15.1. The summed E-state index contributed by atoms with van der Waals surface area (Å²) >= 11 is 1.53. The molecule has 0 aliphatic carbocycles. The number of carbonyl (C=O) groups excluding carboxylic acids is 1. The molecule has 1 heterocycles. The molecular weight excluding hydrogens is 363 g/mol.